The lowest BCUT2D eigenvalue weighted by Gasteiger charge is -2.12. The van der Waals surface area contributed by atoms with Gasteiger partial charge in [0.1, 0.15) is 6.61 Å². The molecule has 0 atom stereocenters. The van der Waals surface area contributed by atoms with Gasteiger partial charge in [-0.2, -0.15) is 15.0 Å². The number of nitrogens with zero attached hydrogens (tertiary/aromatic N) is 4. The van der Waals surface area contributed by atoms with Gasteiger partial charge in [0.25, 0.3) is 5.91 Å². The molecule has 0 bridgehead atoms. The van der Waals surface area contributed by atoms with Gasteiger partial charge in [-0.1, -0.05) is 60.1 Å². The molecule has 0 aliphatic rings. The van der Waals surface area contributed by atoms with Gasteiger partial charge in [-0.25, -0.2) is 5.43 Å². The molecule has 1 heterocycles. The normalized spacial score (nSPS) is 10.3. The SMILES string of the molecule is NC(N)=NNC(=O)c1cccc(Nc2nc(NCc3ccc(Cl)cc3)nc(OCc3ccccc3)n2)c1. The molecular weight excluding hydrogens is 494 g/mol. The molecule has 0 radical (unpaired) electrons. The lowest BCUT2D eigenvalue weighted by molar-refractivity contribution is 0.0954. The Balaban J connectivity index is 1.53. The van der Waals surface area contributed by atoms with E-state index in [1.165, 1.54) is 0 Å². The number of anilines is 3. The molecule has 11 nitrogen and oxygen atoms in total. The lowest BCUT2D eigenvalue weighted by Crippen LogP contribution is -2.29. The van der Waals surface area contributed by atoms with Crippen LogP contribution in [0, 0.1) is 0 Å². The molecule has 3 aromatic carbocycles. The minimum atomic E-state index is -0.482. The number of ether oxygens (including phenoxy) is 1. The average molecular weight is 518 g/mol. The topological polar surface area (TPSA) is 165 Å². The van der Waals surface area contributed by atoms with Gasteiger partial charge in [0.05, 0.1) is 0 Å². The van der Waals surface area contributed by atoms with E-state index in [-0.39, 0.29) is 24.5 Å². The lowest BCUT2D eigenvalue weighted by atomic mass is 10.2. The molecule has 0 unspecified atom stereocenters. The number of amides is 1. The van der Waals surface area contributed by atoms with Crippen LogP contribution in [0.15, 0.2) is 84.0 Å². The summed E-state index contributed by atoms with van der Waals surface area (Å²) in [6.45, 7) is 0.737. The van der Waals surface area contributed by atoms with Crippen molar-refractivity contribution in [3.05, 3.63) is 101 Å². The summed E-state index contributed by atoms with van der Waals surface area (Å²) in [7, 11) is 0. The number of rotatable bonds is 10. The van der Waals surface area contributed by atoms with E-state index in [0.717, 1.165) is 11.1 Å². The summed E-state index contributed by atoms with van der Waals surface area (Å²) >= 11 is 5.97. The predicted molar refractivity (Wildman–Crippen MR) is 142 cm³/mol. The van der Waals surface area contributed by atoms with Crippen LogP contribution in [0.2, 0.25) is 5.02 Å². The molecule has 0 aliphatic carbocycles. The Morgan fingerprint density at radius 2 is 1.65 bits per heavy atom. The van der Waals surface area contributed by atoms with Gasteiger partial charge in [-0.3, -0.25) is 4.79 Å². The van der Waals surface area contributed by atoms with Crippen LogP contribution in [-0.2, 0) is 13.2 Å². The summed E-state index contributed by atoms with van der Waals surface area (Å²) in [6.07, 6.45) is 0. The van der Waals surface area contributed by atoms with E-state index in [1.54, 1.807) is 24.3 Å². The Bertz CT molecular complexity index is 1380. The number of nitrogens with two attached hydrogens (primary N) is 2. The maximum atomic E-state index is 12.3. The minimum Gasteiger partial charge on any atom is -0.458 e. The zero-order valence-electron chi connectivity index (χ0n) is 19.6. The van der Waals surface area contributed by atoms with Gasteiger partial charge in [-0.05, 0) is 41.5 Å². The Kier molecular flexibility index (Phi) is 8.29. The number of hydrogen-bond donors (Lipinski definition) is 5. The van der Waals surface area contributed by atoms with E-state index in [1.807, 2.05) is 54.6 Å². The maximum Gasteiger partial charge on any atom is 0.323 e. The third-order valence-electron chi connectivity index (χ3n) is 4.86. The Morgan fingerprint density at radius 1 is 0.892 bits per heavy atom. The number of hydrazone groups is 1. The smallest absolute Gasteiger partial charge is 0.323 e. The number of hydrogen-bond acceptors (Lipinski definition) is 8. The molecule has 0 spiro atoms. The van der Waals surface area contributed by atoms with E-state index in [9.17, 15) is 4.79 Å². The molecule has 4 rings (SSSR count). The molecule has 7 N–H and O–H groups in total. The van der Waals surface area contributed by atoms with Crippen LogP contribution in [0.25, 0.3) is 0 Å². The molecule has 0 saturated carbocycles. The van der Waals surface area contributed by atoms with Gasteiger partial charge in [0, 0.05) is 22.8 Å². The quantitative estimate of drug-likeness (QED) is 0.120. The van der Waals surface area contributed by atoms with E-state index >= 15 is 0 Å². The fourth-order valence-corrected chi connectivity index (χ4v) is 3.23. The molecule has 37 heavy (non-hydrogen) atoms. The van der Waals surface area contributed by atoms with Crippen LogP contribution in [0.3, 0.4) is 0 Å². The van der Waals surface area contributed by atoms with Crippen molar-refractivity contribution in [3.63, 3.8) is 0 Å². The van der Waals surface area contributed by atoms with Crippen molar-refractivity contribution < 1.29 is 9.53 Å². The van der Waals surface area contributed by atoms with Gasteiger partial charge in [0.15, 0.2) is 0 Å². The summed E-state index contributed by atoms with van der Waals surface area (Å²) in [4.78, 5) is 25.5. The van der Waals surface area contributed by atoms with Gasteiger partial charge in [0.2, 0.25) is 17.9 Å². The molecule has 0 aliphatic heterocycles. The molecule has 188 valence electrons. The Labute approximate surface area is 217 Å². The van der Waals surface area contributed by atoms with E-state index in [4.69, 9.17) is 27.8 Å². The van der Waals surface area contributed by atoms with Crippen LogP contribution >= 0.6 is 11.6 Å². The van der Waals surface area contributed by atoms with Crippen LogP contribution in [0.4, 0.5) is 17.6 Å². The number of carbonyl (C=O) groups excluding carboxylic acids is 1. The van der Waals surface area contributed by atoms with Crippen molar-refractivity contribution >= 4 is 41.1 Å². The third kappa shape index (κ3) is 7.80. The van der Waals surface area contributed by atoms with Crippen LogP contribution in [0.1, 0.15) is 21.5 Å². The highest BCUT2D eigenvalue weighted by atomic mass is 35.5. The van der Waals surface area contributed by atoms with Crippen molar-refractivity contribution in [2.45, 2.75) is 13.2 Å². The van der Waals surface area contributed by atoms with Gasteiger partial charge < -0.3 is 26.8 Å². The molecule has 12 heteroatoms. The van der Waals surface area contributed by atoms with Crippen molar-refractivity contribution in [3.8, 4) is 6.01 Å². The molecule has 0 fully saturated rings. The first-order valence-corrected chi connectivity index (χ1v) is 11.5. The average Bonchev–Trinajstić information content (AvgIpc) is 2.91. The summed E-state index contributed by atoms with van der Waals surface area (Å²) in [6, 6.07) is 23.9. The standard InChI is InChI=1S/C25H24ClN9O2/c26-19-11-9-16(10-12-19)14-29-23-31-24(33-25(32-23)37-15-17-5-2-1-3-6-17)30-20-8-4-7-18(13-20)21(36)34-35-22(27)28/h1-13H,14-15H2,(H,34,36)(H4,27,28,35)(H2,29,30,31,32,33). The highest BCUT2D eigenvalue weighted by Crippen LogP contribution is 2.19. The molecule has 4 aromatic rings. The van der Waals surface area contributed by atoms with E-state index in [0.29, 0.717) is 28.8 Å². The third-order valence-corrected chi connectivity index (χ3v) is 5.11. The molecule has 0 saturated heterocycles. The van der Waals surface area contributed by atoms with Gasteiger partial charge >= 0.3 is 6.01 Å². The van der Waals surface area contributed by atoms with Crippen molar-refractivity contribution in [2.75, 3.05) is 10.6 Å². The largest absolute Gasteiger partial charge is 0.458 e. The zero-order valence-corrected chi connectivity index (χ0v) is 20.3. The number of halogens is 1. The Hall–Kier alpha value is -4.90. The first kappa shape index (κ1) is 25.2. The monoisotopic (exact) mass is 517 g/mol. The summed E-state index contributed by atoms with van der Waals surface area (Å²) in [5.74, 6) is -0.213. The highest BCUT2D eigenvalue weighted by Gasteiger charge is 2.11. The molecular formula is C25H24ClN9O2. The summed E-state index contributed by atoms with van der Waals surface area (Å²) in [5.41, 5.74) is 15.6. The minimum absolute atomic E-state index is 0.126. The van der Waals surface area contributed by atoms with Crippen LogP contribution in [0.5, 0.6) is 6.01 Å². The highest BCUT2D eigenvalue weighted by molar-refractivity contribution is 6.30. The maximum absolute atomic E-state index is 12.3. The number of benzene rings is 3. The van der Waals surface area contributed by atoms with Crippen LogP contribution < -0.4 is 32.3 Å². The predicted octanol–water partition coefficient (Wildman–Crippen LogP) is 3.38. The van der Waals surface area contributed by atoms with E-state index in [2.05, 4.69) is 36.1 Å². The number of aromatic nitrogens is 3. The summed E-state index contributed by atoms with van der Waals surface area (Å²) in [5, 5.41) is 10.4. The number of guanidine groups is 1. The van der Waals surface area contributed by atoms with Crippen molar-refractivity contribution in [2.24, 2.45) is 16.6 Å². The summed E-state index contributed by atoms with van der Waals surface area (Å²) < 4.78 is 5.83. The second kappa shape index (κ2) is 12.2. The second-order valence-corrected chi connectivity index (χ2v) is 8.14. The van der Waals surface area contributed by atoms with Crippen LogP contribution in [-0.4, -0.2) is 26.8 Å². The zero-order chi connectivity index (χ0) is 26.0. The molecule has 1 amide bonds. The van der Waals surface area contributed by atoms with Crippen molar-refractivity contribution in [1.82, 2.24) is 20.4 Å². The fourth-order valence-electron chi connectivity index (χ4n) is 3.11. The fraction of sp³-hybridized carbons (Fsp3) is 0.0800. The van der Waals surface area contributed by atoms with Crippen molar-refractivity contribution in [1.29, 1.82) is 0 Å². The number of carbonyl (C=O) groups is 1. The number of nitrogens with one attached hydrogen (secondary N) is 3. The molecule has 1 aromatic heterocycles. The first-order chi connectivity index (χ1) is 17.9. The Morgan fingerprint density at radius 3 is 2.41 bits per heavy atom. The second-order valence-electron chi connectivity index (χ2n) is 7.70. The van der Waals surface area contributed by atoms with Gasteiger partial charge in [-0.15, -0.1) is 5.10 Å². The van der Waals surface area contributed by atoms with E-state index < -0.39 is 5.91 Å². The first-order valence-electron chi connectivity index (χ1n) is 11.1.